The molecule has 5 nitrogen and oxygen atoms in total. The van der Waals surface area contributed by atoms with Gasteiger partial charge in [-0.15, -0.1) is 0 Å². The van der Waals surface area contributed by atoms with Crippen LogP contribution in [0.4, 0.5) is 0 Å². The Balaban J connectivity index is 2.39. The van der Waals surface area contributed by atoms with E-state index in [0.717, 1.165) is 12.0 Å². The number of carbonyl (C=O) groups is 1. The maximum absolute atomic E-state index is 13.0. The third kappa shape index (κ3) is 2.61. The Hall–Kier alpha value is -2.00. The van der Waals surface area contributed by atoms with Gasteiger partial charge in [-0.1, -0.05) is 42.4 Å². The quantitative estimate of drug-likeness (QED) is 0.448. The van der Waals surface area contributed by atoms with Gasteiger partial charge in [0.25, 0.3) is 0 Å². The normalized spacial score (nSPS) is 24.8. The van der Waals surface area contributed by atoms with Gasteiger partial charge in [-0.3, -0.25) is 4.79 Å². The van der Waals surface area contributed by atoms with Crippen LogP contribution in [0, 0.1) is 5.92 Å². The molecule has 2 rings (SSSR count). The summed E-state index contributed by atoms with van der Waals surface area (Å²) in [6.45, 7) is 7.28. The van der Waals surface area contributed by atoms with Crippen LogP contribution in [0.2, 0.25) is 0 Å². The van der Waals surface area contributed by atoms with Crippen molar-refractivity contribution >= 4 is 5.91 Å². The van der Waals surface area contributed by atoms with Gasteiger partial charge in [0.15, 0.2) is 0 Å². The van der Waals surface area contributed by atoms with E-state index in [1.807, 2.05) is 56.0 Å². The summed E-state index contributed by atoms with van der Waals surface area (Å²) in [4.78, 5) is 17.8. The van der Waals surface area contributed by atoms with Crippen LogP contribution < -0.4 is 0 Å². The fraction of sp³-hybridized carbons (Fsp3) is 0.562. The van der Waals surface area contributed by atoms with Gasteiger partial charge in [0.1, 0.15) is 0 Å². The number of benzene rings is 1. The van der Waals surface area contributed by atoms with Crippen molar-refractivity contribution in [2.75, 3.05) is 13.1 Å². The highest BCUT2D eigenvalue weighted by atomic mass is 16.2. The van der Waals surface area contributed by atoms with Crippen molar-refractivity contribution in [3.63, 3.8) is 0 Å². The zero-order chi connectivity index (χ0) is 15.5. The molecule has 1 unspecified atom stereocenters. The van der Waals surface area contributed by atoms with E-state index in [1.165, 1.54) is 0 Å². The molecule has 1 fully saturated rings. The van der Waals surface area contributed by atoms with E-state index >= 15 is 0 Å². The molecule has 1 aliphatic rings. The number of carbonyl (C=O) groups excluding carboxylic acids is 1. The molecule has 21 heavy (non-hydrogen) atoms. The Kier molecular flexibility index (Phi) is 4.53. The Morgan fingerprint density at radius 2 is 2.05 bits per heavy atom. The summed E-state index contributed by atoms with van der Waals surface area (Å²) in [5, 5.41) is 3.81. The molecule has 1 saturated carbocycles. The lowest BCUT2D eigenvalue weighted by molar-refractivity contribution is -0.134. The molecule has 0 bridgehead atoms. The van der Waals surface area contributed by atoms with Gasteiger partial charge < -0.3 is 4.90 Å². The van der Waals surface area contributed by atoms with Gasteiger partial charge in [-0.25, -0.2) is 0 Å². The first kappa shape index (κ1) is 15.4. The predicted molar refractivity (Wildman–Crippen MR) is 82.8 cm³/mol. The molecule has 0 aliphatic heterocycles. The molecule has 1 amide bonds. The molecule has 0 saturated heterocycles. The number of hydrogen-bond donors (Lipinski definition) is 0. The van der Waals surface area contributed by atoms with Gasteiger partial charge in [0.2, 0.25) is 5.91 Å². The summed E-state index contributed by atoms with van der Waals surface area (Å²) >= 11 is 0. The van der Waals surface area contributed by atoms with Crippen LogP contribution in [0.1, 0.15) is 32.8 Å². The molecule has 0 radical (unpaired) electrons. The van der Waals surface area contributed by atoms with Crippen LogP contribution in [0.15, 0.2) is 35.4 Å². The van der Waals surface area contributed by atoms with Crippen LogP contribution in [0.5, 0.6) is 0 Å². The first-order valence-electron chi connectivity index (χ1n) is 7.50. The van der Waals surface area contributed by atoms with Crippen molar-refractivity contribution in [2.45, 2.75) is 38.6 Å². The van der Waals surface area contributed by atoms with Crippen molar-refractivity contribution in [2.24, 2.45) is 11.0 Å². The number of rotatable bonds is 6. The zero-order valence-electron chi connectivity index (χ0n) is 12.9. The average Bonchev–Trinajstić information content (AvgIpc) is 3.26. The second-order valence-electron chi connectivity index (χ2n) is 5.57. The molecule has 1 aliphatic carbocycles. The minimum absolute atomic E-state index is 0.0869. The highest BCUT2D eigenvalue weighted by Crippen LogP contribution is 2.57. The summed E-state index contributed by atoms with van der Waals surface area (Å²) < 4.78 is 0. The van der Waals surface area contributed by atoms with E-state index in [0.29, 0.717) is 13.1 Å². The summed E-state index contributed by atoms with van der Waals surface area (Å²) in [7, 11) is 0. The lowest BCUT2D eigenvalue weighted by Gasteiger charge is -2.27. The predicted octanol–water partition coefficient (Wildman–Crippen LogP) is 3.51. The van der Waals surface area contributed by atoms with E-state index in [9.17, 15) is 4.79 Å². The first-order valence-corrected chi connectivity index (χ1v) is 7.50. The maximum Gasteiger partial charge on any atom is 0.233 e. The SMILES string of the molecule is CCN(CC)C(=O)[C@@]1(c2ccccc2)C[C@H]1C(C)N=[N+]=[N-]. The first-order chi connectivity index (χ1) is 10.1. The molecule has 3 atom stereocenters. The number of hydrogen-bond acceptors (Lipinski definition) is 2. The van der Waals surface area contributed by atoms with Crippen molar-refractivity contribution in [3.8, 4) is 0 Å². The van der Waals surface area contributed by atoms with E-state index in [2.05, 4.69) is 10.0 Å². The summed E-state index contributed by atoms with van der Waals surface area (Å²) in [5.41, 5.74) is 9.18. The fourth-order valence-corrected chi connectivity index (χ4v) is 3.26. The van der Waals surface area contributed by atoms with Crippen LogP contribution in [0.3, 0.4) is 0 Å². The maximum atomic E-state index is 13.0. The van der Waals surface area contributed by atoms with Crippen LogP contribution in [-0.4, -0.2) is 29.9 Å². The molecular formula is C16H22N4O. The third-order valence-corrected chi connectivity index (χ3v) is 4.55. The van der Waals surface area contributed by atoms with E-state index < -0.39 is 5.41 Å². The fourth-order valence-electron chi connectivity index (χ4n) is 3.26. The van der Waals surface area contributed by atoms with Gasteiger partial charge >= 0.3 is 0 Å². The lowest BCUT2D eigenvalue weighted by atomic mass is 9.89. The van der Waals surface area contributed by atoms with Gasteiger partial charge in [0.05, 0.1) is 5.41 Å². The second kappa shape index (κ2) is 6.19. The molecule has 0 spiro atoms. The highest BCUT2D eigenvalue weighted by molar-refractivity contribution is 5.92. The number of amides is 1. The highest BCUT2D eigenvalue weighted by Gasteiger charge is 2.63. The van der Waals surface area contributed by atoms with Crippen molar-refractivity contribution in [3.05, 3.63) is 46.3 Å². The molecule has 112 valence electrons. The number of azide groups is 1. The lowest BCUT2D eigenvalue weighted by Crippen LogP contribution is -2.41. The van der Waals surface area contributed by atoms with Crippen molar-refractivity contribution in [1.82, 2.24) is 4.90 Å². The monoisotopic (exact) mass is 286 g/mol. The second-order valence-corrected chi connectivity index (χ2v) is 5.57. The van der Waals surface area contributed by atoms with Gasteiger partial charge in [0, 0.05) is 24.0 Å². The minimum atomic E-state index is -0.513. The van der Waals surface area contributed by atoms with E-state index in [1.54, 1.807) is 0 Å². The molecule has 0 N–H and O–H groups in total. The number of likely N-dealkylation sites (N-methyl/N-ethyl adjacent to an activating group) is 1. The van der Waals surface area contributed by atoms with Gasteiger partial charge in [-0.2, -0.15) is 0 Å². The summed E-state index contributed by atoms with van der Waals surface area (Å²) in [6, 6.07) is 9.71. The molecule has 0 aromatic heterocycles. The third-order valence-electron chi connectivity index (χ3n) is 4.55. The van der Waals surface area contributed by atoms with E-state index in [-0.39, 0.29) is 17.9 Å². The average molecular weight is 286 g/mol. The summed E-state index contributed by atoms with van der Waals surface area (Å²) in [5.74, 6) is 0.243. The standard InChI is InChI=1S/C16H22N4O/c1-4-20(5-2)15(21)16(13-9-7-6-8-10-13)11-14(16)12(3)18-19-17/h6-10,12,14H,4-5,11H2,1-3H3/t12?,14-,16+/m0/s1. The Morgan fingerprint density at radius 1 is 1.43 bits per heavy atom. The molecule has 5 heteroatoms. The molecular weight excluding hydrogens is 264 g/mol. The Labute approximate surface area is 125 Å². The molecule has 1 aromatic rings. The van der Waals surface area contributed by atoms with Crippen LogP contribution >= 0.6 is 0 Å². The minimum Gasteiger partial charge on any atom is -0.342 e. The van der Waals surface area contributed by atoms with Crippen LogP contribution in [0.25, 0.3) is 10.4 Å². The van der Waals surface area contributed by atoms with Crippen molar-refractivity contribution < 1.29 is 4.79 Å². The van der Waals surface area contributed by atoms with Crippen LogP contribution in [-0.2, 0) is 10.2 Å². The van der Waals surface area contributed by atoms with Gasteiger partial charge in [-0.05, 0) is 37.3 Å². The number of nitrogens with zero attached hydrogens (tertiary/aromatic N) is 4. The Morgan fingerprint density at radius 3 is 2.57 bits per heavy atom. The summed E-state index contributed by atoms with van der Waals surface area (Å²) in [6.07, 6.45) is 0.756. The smallest absolute Gasteiger partial charge is 0.233 e. The Bertz CT molecular complexity index is 549. The molecule has 1 aromatic carbocycles. The topological polar surface area (TPSA) is 69.1 Å². The zero-order valence-corrected chi connectivity index (χ0v) is 12.9. The van der Waals surface area contributed by atoms with Crippen molar-refractivity contribution in [1.29, 1.82) is 0 Å². The molecule has 0 heterocycles. The largest absolute Gasteiger partial charge is 0.342 e. The van der Waals surface area contributed by atoms with E-state index in [4.69, 9.17) is 5.53 Å².